The Hall–Kier alpha value is -1.53. The lowest BCUT2D eigenvalue weighted by Crippen LogP contribution is -2.31. The number of anilines is 1. The molecule has 0 atom stereocenters. The van der Waals surface area contributed by atoms with E-state index in [1.54, 1.807) is 39.8 Å². The molecular formula is C12H18BNO4. The summed E-state index contributed by atoms with van der Waals surface area (Å²) in [6.07, 6.45) is -0.574. The van der Waals surface area contributed by atoms with Crippen molar-refractivity contribution < 1.29 is 19.6 Å². The number of rotatable bonds is 2. The average molecular weight is 251 g/mol. The highest BCUT2D eigenvalue weighted by atomic mass is 16.6. The number of hydrogen-bond acceptors (Lipinski definition) is 4. The van der Waals surface area contributed by atoms with Gasteiger partial charge in [-0.2, -0.15) is 0 Å². The molecule has 0 heterocycles. The fourth-order valence-electron chi connectivity index (χ4n) is 1.35. The molecule has 0 aliphatic carbocycles. The van der Waals surface area contributed by atoms with Gasteiger partial charge in [-0.25, -0.2) is 4.79 Å². The number of benzene rings is 1. The van der Waals surface area contributed by atoms with Gasteiger partial charge in [0, 0.05) is 5.69 Å². The quantitative estimate of drug-likeness (QED) is 0.686. The molecule has 1 amide bonds. The number of amides is 1. The smallest absolute Gasteiger partial charge is 0.444 e. The van der Waals surface area contributed by atoms with E-state index in [9.17, 15) is 4.79 Å². The van der Waals surface area contributed by atoms with Crippen LogP contribution in [0.1, 0.15) is 26.3 Å². The summed E-state index contributed by atoms with van der Waals surface area (Å²) >= 11 is 0. The topological polar surface area (TPSA) is 78.8 Å². The summed E-state index contributed by atoms with van der Waals surface area (Å²) in [5.41, 5.74) is 1.04. The SMILES string of the molecule is Cc1ccc(B(O)O)cc1NC(=O)OC(C)(C)C. The standard InChI is InChI=1S/C12H18BNO4/c1-8-5-6-9(13(16)17)7-10(8)14-11(15)18-12(2,3)4/h5-7,16-17H,1-4H3,(H,14,15). The molecule has 1 aromatic rings. The third-order valence-electron chi connectivity index (χ3n) is 2.20. The Labute approximate surface area is 107 Å². The summed E-state index contributed by atoms with van der Waals surface area (Å²) in [6, 6.07) is 4.78. The molecule has 0 bridgehead atoms. The first-order chi connectivity index (χ1) is 8.19. The molecule has 0 unspecified atom stereocenters. The first-order valence-corrected chi connectivity index (χ1v) is 5.66. The first-order valence-electron chi connectivity index (χ1n) is 5.66. The van der Waals surface area contributed by atoms with Crippen LogP contribution in [0.15, 0.2) is 18.2 Å². The predicted molar refractivity (Wildman–Crippen MR) is 70.9 cm³/mol. The van der Waals surface area contributed by atoms with Crippen LogP contribution < -0.4 is 10.8 Å². The monoisotopic (exact) mass is 251 g/mol. The van der Waals surface area contributed by atoms with Crippen molar-refractivity contribution in [3.05, 3.63) is 23.8 Å². The molecule has 0 radical (unpaired) electrons. The van der Waals surface area contributed by atoms with Gasteiger partial charge in [-0.15, -0.1) is 0 Å². The van der Waals surface area contributed by atoms with Gasteiger partial charge in [-0.1, -0.05) is 12.1 Å². The van der Waals surface area contributed by atoms with E-state index in [4.69, 9.17) is 14.8 Å². The number of carbonyl (C=O) groups excluding carboxylic acids is 1. The van der Waals surface area contributed by atoms with E-state index >= 15 is 0 Å². The molecule has 18 heavy (non-hydrogen) atoms. The van der Waals surface area contributed by atoms with Crippen LogP contribution in [0.25, 0.3) is 0 Å². The van der Waals surface area contributed by atoms with E-state index < -0.39 is 18.8 Å². The van der Waals surface area contributed by atoms with Gasteiger partial charge in [-0.05, 0) is 44.8 Å². The molecule has 0 saturated carbocycles. The summed E-state index contributed by atoms with van der Waals surface area (Å²) in [5, 5.41) is 20.7. The summed E-state index contributed by atoms with van der Waals surface area (Å²) < 4.78 is 5.12. The number of nitrogens with one attached hydrogen (secondary N) is 1. The molecule has 0 aliphatic heterocycles. The lowest BCUT2D eigenvalue weighted by atomic mass is 9.79. The second-order valence-corrected chi connectivity index (χ2v) is 5.07. The van der Waals surface area contributed by atoms with Gasteiger partial charge in [-0.3, -0.25) is 5.32 Å². The van der Waals surface area contributed by atoms with Gasteiger partial charge in [0.15, 0.2) is 0 Å². The second-order valence-electron chi connectivity index (χ2n) is 5.07. The molecule has 0 aliphatic rings. The number of hydrogen-bond donors (Lipinski definition) is 3. The van der Waals surface area contributed by atoms with Gasteiger partial charge in [0.25, 0.3) is 0 Å². The van der Waals surface area contributed by atoms with Gasteiger partial charge in [0.1, 0.15) is 5.60 Å². The molecule has 0 aromatic heterocycles. The molecule has 1 rings (SSSR count). The van der Waals surface area contributed by atoms with E-state index in [2.05, 4.69) is 5.32 Å². The van der Waals surface area contributed by atoms with Crippen LogP contribution in [0.5, 0.6) is 0 Å². The van der Waals surface area contributed by atoms with Crippen molar-refractivity contribution in [3.8, 4) is 0 Å². The Balaban J connectivity index is 2.84. The number of aryl methyl sites for hydroxylation is 1. The molecule has 3 N–H and O–H groups in total. The molecule has 0 fully saturated rings. The highest BCUT2D eigenvalue weighted by Gasteiger charge is 2.18. The van der Waals surface area contributed by atoms with Crippen molar-refractivity contribution in [3.63, 3.8) is 0 Å². The lowest BCUT2D eigenvalue weighted by Gasteiger charge is -2.20. The van der Waals surface area contributed by atoms with Crippen LogP contribution in [-0.2, 0) is 4.74 Å². The van der Waals surface area contributed by atoms with E-state index in [0.29, 0.717) is 11.2 Å². The molecule has 0 spiro atoms. The molecule has 0 saturated heterocycles. The Morgan fingerprint density at radius 3 is 2.44 bits per heavy atom. The summed E-state index contributed by atoms with van der Waals surface area (Å²) in [5.74, 6) is 0. The zero-order chi connectivity index (χ0) is 13.9. The van der Waals surface area contributed by atoms with Crippen LogP contribution >= 0.6 is 0 Å². The van der Waals surface area contributed by atoms with E-state index in [1.807, 2.05) is 0 Å². The summed E-state index contributed by atoms with van der Waals surface area (Å²) in [6.45, 7) is 7.12. The summed E-state index contributed by atoms with van der Waals surface area (Å²) in [4.78, 5) is 11.6. The van der Waals surface area contributed by atoms with Gasteiger partial charge in [0.05, 0.1) is 0 Å². The lowest BCUT2D eigenvalue weighted by molar-refractivity contribution is 0.0636. The fraction of sp³-hybridized carbons (Fsp3) is 0.417. The largest absolute Gasteiger partial charge is 0.488 e. The third-order valence-corrected chi connectivity index (χ3v) is 2.20. The van der Waals surface area contributed by atoms with Gasteiger partial charge in [0.2, 0.25) is 0 Å². The Morgan fingerprint density at radius 1 is 1.33 bits per heavy atom. The minimum Gasteiger partial charge on any atom is -0.444 e. The fourth-order valence-corrected chi connectivity index (χ4v) is 1.35. The molecule has 1 aromatic carbocycles. The van der Waals surface area contributed by atoms with Crippen molar-refractivity contribution in [1.82, 2.24) is 0 Å². The maximum Gasteiger partial charge on any atom is 0.488 e. The van der Waals surface area contributed by atoms with Crippen molar-refractivity contribution in [2.45, 2.75) is 33.3 Å². The average Bonchev–Trinajstić information content (AvgIpc) is 2.18. The Morgan fingerprint density at radius 2 is 1.94 bits per heavy atom. The zero-order valence-electron chi connectivity index (χ0n) is 11.0. The van der Waals surface area contributed by atoms with Crippen molar-refractivity contribution in [2.24, 2.45) is 0 Å². The van der Waals surface area contributed by atoms with Crippen molar-refractivity contribution in [2.75, 3.05) is 5.32 Å². The number of carbonyl (C=O) groups is 1. The normalized spacial score (nSPS) is 11.0. The van der Waals surface area contributed by atoms with Gasteiger partial charge >= 0.3 is 13.2 Å². The van der Waals surface area contributed by atoms with Gasteiger partial charge < -0.3 is 14.8 Å². The van der Waals surface area contributed by atoms with Crippen LogP contribution in [0, 0.1) is 6.92 Å². The minimum absolute atomic E-state index is 0.312. The van der Waals surface area contributed by atoms with Crippen molar-refractivity contribution in [1.29, 1.82) is 0 Å². The maximum absolute atomic E-state index is 11.6. The van der Waals surface area contributed by atoms with E-state index in [-0.39, 0.29) is 0 Å². The molecule has 5 nitrogen and oxygen atoms in total. The molecular weight excluding hydrogens is 233 g/mol. The summed E-state index contributed by atoms with van der Waals surface area (Å²) in [7, 11) is -1.57. The van der Waals surface area contributed by atoms with Crippen molar-refractivity contribution >= 4 is 24.4 Å². The highest BCUT2D eigenvalue weighted by Crippen LogP contribution is 2.15. The maximum atomic E-state index is 11.6. The van der Waals surface area contributed by atoms with Crippen LogP contribution in [0.4, 0.5) is 10.5 Å². The molecule has 98 valence electrons. The molecule has 6 heteroatoms. The van der Waals surface area contributed by atoms with E-state index in [0.717, 1.165) is 5.56 Å². The van der Waals surface area contributed by atoms with Crippen LogP contribution in [0.2, 0.25) is 0 Å². The Bertz CT molecular complexity index is 440. The zero-order valence-corrected chi connectivity index (χ0v) is 11.0. The van der Waals surface area contributed by atoms with E-state index in [1.165, 1.54) is 6.07 Å². The highest BCUT2D eigenvalue weighted by molar-refractivity contribution is 6.58. The second kappa shape index (κ2) is 5.41. The predicted octanol–water partition coefficient (Wildman–Crippen LogP) is 1.02. The number of ether oxygens (including phenoxy) is 1. The third kappa shape index (κ3) is 4.39. The Kier molecular flexibility index (Phi) is 4.37. The first kappa shape index (κ1) is 14.5. The minimum atomic E-state index is -1.57. The van der Waals surface area contributed by atoms with Crippen LogP contribution in [0.3, 0.4) is 0 Å². The van der Waals surface area contributed by atoms with Crippen LogP contribution in [-0.4, -0.2) is 28.9 Å².